The van der Waals surface area contributed by atoms with Gasteiger partial charge in [0.25, 0.3) is 15.7 Å². The van der Waals surface area contributed by atoms with Crippen molar-refractivity contribution in [2.45, 2.75) is 26.5 Å². The number of hydrogen-bond donors (Lipinski definition) is 0. The molecule has 0 spiro atoms. The molecule has 0 amide bonds. The van der Waals surface area contributed by atoms with Crippen LogP contribution in [0.1, 0.15) is 18.9 Å². The highest BCUT2D eigenvalue weighted by Gasteiger charge is 2.07. The molecule has 0 fully saturated rings. The van der Waals surface area contributed by atoms with Crippen LogP contribution in [0.15, 0.2) is 23.1 Å². The summed E-state index contributed by atoms with van der Waals surface area (Å²) >= 11 is 0. The van der Waals surface area contributed by atoms with E-state index in [9.17, 15) is 13.2 Å². The minimum absolute atomic E-state index is 0.201. The highest BCUT2D eigenvalue weighted by molar-refractivity contribution is 7.85. The second-order valence-electron chi connectivity index (χ2n) is 3.50. The van der Waals surface area contributed by atoms with E-state index in [-0.39, 0.29) is 12.2 Å². The van der Waals surface area contributed by atoms with Crippen LogP contribution in [0.3, 0.4) is 0 Å². The van der Waals surface area contributed by atoms with Gasteiger partial charge in [0, 0.05) is 18.3 Å². The Kier molecular flexibility index (Phi) is 4.26. The van der Waals surface area contributed by atoms with Gasteiger partial charge in [-0.05, 0) is 18.6 Å². The molecule has 1 rings (SSSR count). The van der Waals surface area contributed by atoms with Gasteiger partial charge >= 0.3 is 0 Å². The van der Waals surface area contributed by atoms with Gasteiger partial charge < -0.3 is 4.57 Å². The largest absolute Gasteiger partial charge is 0.315 e. The molecule has 0 bridgehead atoms. The van der Waals surface area contributed by atoms with Crippen molar-refractivity contribution in [2.75, 3.05) is 6.26 Å². The van der Waals surface area contributed by atoms with Crippen molar-refractivity contribution in [3.63, 3.8) is 0 Å². The molecule has 0 unspecified atom stereocenters. The summed E-state index contributed by atoms with van der Waals surface area (Å²) < 4.78 is 27.7. The van der Waals surface area contributed by atoms with Crippen molar-refractivity contribution < 1.29 is 12.6 Å². The smallest absolute Gasteiger partial charge is 0.264 e. The number of nitrogens with zero attached hydrogens (tertiary/aromatic N) is 1. The van der Waals surface area contributed by atoms with E-state index < -0.39 is 10.1 Å². The Bertz CT molecular complexity index is 504. The van der Waals surface area contributed by atoms with Crippen molar-refractivity contribution >= 4 is 10.1 Å². The van der Waals surface area contributed by atoms with Gasteiger partial charge in [0.1, 0.15) is 0 Å². The molecule has 0 saturated heterocycles. The van der Waals surface area contributed by atoms with Gasteiger partial charge in [0.05, 0.1) is 12.9 Å². The van der Waals surface area contributed by atoms with Crippen LogP contribution in [0.2, 0.25) is 0 Å². The van der Waals surface area contributed by atoms with Crippen LogP contribution in [0.5, 0.6) is 0 Å². The first-order valence-corrected chi connectivity index (χ1v) is 6.78. The van der Waals surface area contributed by atoms with Crippen molar-refractivity contribution in [1.82, 2.24) is 4.57 Å². The van der Waals surface area contributed by atoms with Crippen molar-refractivity contribution in [2.24, 2.45) is 0 Å². The maximum atomic E-state index is 11.8. The molecule has 90 valence electrons. The zero-order valence-corrected chi connectivity index (χ0v) is 10.2. The summed E-state index contributed by atoms with van der Waals surface area (Å²) in [7, 11) is -3.51. The molecule has 1 aromatic heterocycles. The predicted molar refractivity (Wildman–Crippen MR) is 60.6 cm³/mol. The molecule has 16 heavy (non-hydrogen) atoms. The molecule has 0 saturated carbocycles. The van der Waals surface area contributed by atoms with E-state index >= 15 is 0 Å². The first kappa shape index (κ1) is 12.9. The van der Waals surface area contributed by atoms with Crippen LogP contribution in [0, 0.1) is 0 Å². The highest BCUT2D eigenvalue weighted by Crippen LogP contribution is 1.99. The van der Waals surface area contributed by atoms with Gasteiger partial charge in [-0.2, -0.15) is 8.42 Å². The first-order chi connectivity index (χ1) is 7.44. The van der Waals surface area contributed by atoms with E-state index in [1.54, 1.807) is 22.9 Å². The molecular weight excluding hydrogens is 230 g/mol. The van der Waals surface area contributed by atoms with Crippen LogP contribution >= 0.6 is 0 Å². The molecule has 0 N–H and O–H groups in total. The standard InChI is InChI=1S/C10H15NO4S/c1-3-6-11-7-4-5-9(10(11)12)8-15-16(2,13)14/h4-5,7H,3,6,8H2,1-2H3. The summed E-state index contributed by atoms with van der Waals surface area (Å²) in [6, 6.07) is 3.28. The van der Waals surface area contributed by atoms with Gasteiger partial charge in [-0.3, -0.25) is 8.98 Å². The summed E-state index contributed by atoms with van der Waals surface area (Å²) in [6.45, 7) is 2.37. The van der Waals surface area contributed by atoms with Crippen LogP contribution < -0.4 is 5.56 Å². The maximum absolute atomic E-state index is 11.8. The van der Waals surface area contributed by atoms with Gasteiger partial charge in [0.2, 0.25) is 0 Å². The highest BCUT2D eigenvalue weighted by atomic mass is 32.2. The first-order valence-electron chi connectivity index (χ1n) is 4.97. The Balaban J connectivity index is 2.89. The number of hydrogen-bond acceptors (Lipinski definition) is 4. The molecule has 0 aliphatic rings. The van der Waals surface area contributed by atoms with E-state index in [4.69, 9.17) is 0 Å². The van der Waals surface area contributed by atoms with Crippen LogP contribution in [0.25, 0.3) is 0 Å². The van der Waals surface area contributed by atoms with E-state index in [1.807, 2.05) is 6.92 Å². The number of rotatable bonds is 5. The summed E-state index contributed by atoms with van der Waals surface area (Å²) in [4.78, 5) is 11.8. The molecule has 0 radical (unpaired) electrons. The Hall–Kier alpha value is -1.14. The molecule has 0 aliphatic heterocycles. The number of aryl methyl sites for hydroxylation is 1. The van der Waals surface area contributed by atoms with Crippen molar-refractivity contribution in [3.8, 4) is 0 Å². The Labute approximate surface area is 94.8 Å². The van der Waals surface area contributed by atoms with E-state index in [0.717, 1.165) is 12.7 Å². The maximum Gasteiger partial charge on any atom is 0.264 e. The number of pyridine rings is 1. The van der Waals surface area contributed by atoms with Gasteiger partial charge in [-0.15, -0.1) is 0 Å². The number of aromatic nitrogens is 1. The molecule has 0 atom stereocenters. The van der Waals surface area contributed by atoms with Crippen LogP contribution in [-0.2, 0) is 27.5 Å². The van der Waals surface area contributed by atoms with E-state index in [1.165, 1.54) is 0 Å². The Morgan fingerprint density at radius 2 is 2.12 bits per heavy atom. The summed E-state index contributed by atoms with van der Waals surface area (Å²) in [5.74, 6) is 0. The fourth-order valence-corrected chi connectivity index (χ4v) is 1.62. The monoisotopic (exact) mass is 245 g/mol. The molecular formula is C10H15NO4S. The minimum atomic E-state index is -3.51. The average Bonchev–Trinajstić information content (AvgIpc) is 2.18. The summed E-state index contributed by atoms with van der Waals surface area (Å²) in [6.07, 6.45) is 3.48. The average molecular weight is 245 g/mol. The lowest BCUT2D eigenvalue weighted by molar-refractivity contribution is 0.309. The molecule has 1 aromatic rings. The van der Waals surface area contributed by atoms with Gasteiger partial charge in [0.15, 0.2) is 0 Å². The quantitative estimate of drug-likeness (QED) is 0.717. The van der Waals surface area contributed by atoms with E-state index in [2.05, 4.69) is 4.18 Å². The topological polar surface area (TPSA) is 65.4 Å². The lowest BCUT2D eigenvalue weighted by Gasteiger charge is -2.06. The Morgan fingerprint density at radius 3 is 2.69 bits per heavy atom. The van der Waals surface area contributed by atoms with Gasteiger partial charge in [-0.25, -0.2) is 0 Å². The lowest BCUT2D eigenvalue weighted by atomic mass is 10.3. The fraction of sp³-hybridized carbons (Fsp3) is 0.500. The predicted octanol–water partition coefficient (Wildman–Crippen LogP) is 0.735. The van der Waals surface area contributed by atoms with E-state index in [0.29, 0.717) is 12.1 Å². The van der Waals surface area contributed by atoms with Crippen molar-refractivity contribution in [1.29, 1.82) is 0 Å². The molecule has 0 aliphatic carbocycles. The van der Waals surface area contributed by atoms with Crippen LogP contribution in [0.4, 0.5) is 0 Å². The molecule has 1 heterocycles. The third-order valence-corrected chi connectivity index (χ3v) is 2.54. The second-order valence-corrected chi connectivity index (χ2v) is 5.14. The lowest BCUT2D eigenvalue weighted by Crippen LogP contribution is -2.23. The SMILES string of the molecule is CCCn1cccc(COS(C)(=O)=O)c1=O. The Morgan fingerprint density at radius 1 is 1.44 bits per heavy atom. The second kappa shape index (κ2) is 5.27. The van der Waals surface area contributed by atoms with Crippen molar-refractivity contribution in [3.05, 3.63) is 34.2 Å². The molecule has 0 aromatic carbocycles. The van der Waals surface area contributed by atoms with Crippen LogP contribution in [-0.4, -0.2) is 19.2 Å². The zero-order chi connectivity index (χ0) is 12.2. The minimum Gasteiger partial charge on any atom is -0.315 e. The summed E-state index contributed by atoms with van der Waals surface area (Å²) in [5.41, 5.74) is 0.148. The molecule has 5 nitrogen and oxygen atoms in total. The zero-order valence-electron chi connectivity index (χ0n) is 9.34. The third-order valence-electron chi connectivity index (χ3n) is 1.99. The fourth-order valence-electron chi connectivity index (χ4n) is 1.28. The summed E-state index contributed by atoms with van der Waals surface area (Å²) in [5, 5.41) is 0. The van der Waals surface area contributed by atoms with Gasteiger partial charge in [-0.1, -0.05) is 6.92 Å². The third kappa shape index (κ3) is 3.79. The molecule has 6 heteroatoms. The normalized spacial score (nSPS) is 11.6.